The average Bonchev–Trinajstić information content (AvgIpc) is 2.94. The number of aromatic nitrogens is 1. The molecule has 0 spiro atoms. The minimum absolute atomic E-state index is 0.0911. The predicted molar refractivity (Wildman–Crippen MR) is 83.1 cm³/mol. The van der Waals surface area contributed by atoms with Crippen molar-refractivity contribution in [3.8, 4) is 0 Å². The van der Waals surface area contributed by atoms with Gasteiger partial charge in [-0.15, -0.1) is 11.3 Å². The van der Waals surface area contributed by atoms with Crippen LogP contribution in [0.4, 0.5) is 5.13 Å². The lowest BCUT2D eigenvalue weighted by Gasteiger charge is -2.36. The molecule has 0 aromatic carbocycles. The number of nitrogens with two attached hydrogens (primary N) is 1. The number of hydrogen-bond acceptors (Lipinski definition) is 5. The molecule has 2 atom stereocenters. The molecule has 0 aliphatic carbocycles. The fourth-order valence-electron chi connectivity index (χ4n) is 2.24. The van der Waals surface area contributed by atoms with Crippen LogP contribution in [0.5, 0.6) is 0 Å². The molecule has 1 aliphatic rings. The van der Waals surface area contributed by atoms with Gasteiger partial charge < -0.3 is 15.5 Å². The van der Waals surface area contributed by atoms with Crippen LogP contribution in [0.1, 0.15) is 25.6 Å². The lowest BCUT2D eigenvalue weighted by atomic mass is 10.0. The summed E-state index contributed by atoms with van der Waals surface area (Å²) in [5, 5.41) is 1.08. The first-order chi connectivity index (χ1) is 9.52. The summed E-state index contributed by atoms with van der Waals surface area (Å²) >= 11 is 1.75. The molecule has 5 nitrogen and oxygen atoms in total. The molecule has 0 bridgehead atoms. The highest BCUT2D eigenvalue weighted by Gasteiger charge is 2.27. The van der Waals surface area contributed by atoms with E-state index in [0.29, 0.717) is 0 Å². The van der Waals surface area contributed by atoms with Gasteiger partial charge in [-0.05, 0) is 13.3 Å². The summed E-state index contributed by atoms with van der Waals surface area (Å²) in [6.45, 7) is 9.17. The molecule has 1 aromatic heterocycles. The number of carbonyl (C=O) groups excluding carboxylic acids is 1. The highest BCUT2D eigenvalue weighted by molar-refractivity contribution is 7.15. The van der Waals surface area contributed by atoms with Crippen molar-refractivity contribution in [2.45, 2.75) is 33.2 Å². The number of rotatable bonds is 4. The lowest BCUT2D eigenvalue weighted by Crippen LogP contribution is -2.51. The summed E-state index contributed by atoms with van der Waals surface area (Å²) in [5.74, 6) is 0.0705. The van der Waals surface area contributed by atoms with Crippen molar-refractivity contribution in [1.29, 1.82) is 0 Å². The van der Waals surface area contributed by atoms with Gasteiger partial charge in [-0.25, -0.2) is 4.98 Å². The second kappa shape index (κ2) is 6.54. The molecule has 2 N–H and O–H groups in total. The minimum Gasteiger partial charge on any atom is -0.345 e. The first kappa shape index (κ1) is 15.3. The smallest absolute Gasteiger partial charge is 0.227 e. The summed E-state index contributed by atoms with van der Waals surface area (Å²) in [6, 6.07) is -0.0911. The Morgan fingerprint density at radius 3 is 2.55 bits per heavy atom. The SMILES string of the molecule is CCc1cnc(N2CCN(C(=O)C(C)C(C)N)CC2)s1. The Balaban J connectivity index is 1.90. The van der Waals surface area contributed by atoms with Crippen LogP contribution >= 0.6 is 11.3 Å². The number of thiazole rings is 1. The van der Waals surface area contributed by atoms with E-state index in [1.807, 2.05) is 24.9 Å². The van der Waals surface area contributed by atoms with Crippen molar-refractivity contribution >= 4 is 22.4 Å². The second-order valence-corrected chi connectivity index (χ2v) is 6.52. The normalized spacial score (nSPS) is 19.0. The quantitative estimate of drug-likeness (QED) is 0.911. The number of hydrogen-bond donors (Lipinski definition) is 1. The largest absolute Gasteiger partial charge is 0.345 e. The molecule has 6 heteroatoms. The number of nitrogens with zero attached hydrogens (tertiary/aromatic N) is 3. The van der Waals surface area contributed by atoms with Gasteiger partial charge in [-0.2, -0.15) is 0 Å². The van der Waals surface area contributed by atoms with Gasteiger partial charge in [0, 0.05) is 43.3 Å². The van der Waals surface area contributed by atoms with Gasteiger partial charge in [0.05, 0.1) is 5.92 Å². The van der Waals surface area contributed by atoms with E-state index in [1.165, 1.54) is 4.88 Å². The van der Waals surface area contributed by atoms with Gasteiger partial charge in [0.2, 0.25) is 5.91 Å². The van der Waals surface area contributed by atoms with Crippen molar-refractivity contribution in [2.75, 3.05) is 31.1 Å². The van der Waals surface area contributed by atoms with Crippen LogP contribution in [0.2, 0.25) is 0 Å². The van der Waals surface area contributed by atoms with Crippen molar-refractivity contribution in [3.05, 3.63) is 11.1 Å². The van der Waals surface area contributed by atoms with Crippen LogP contribution in [0, 0.1) is 5.92 Å². The topological polar surface area (TPSA) is 62.5 Å². The highest BCUT2D eigenvalue weighted by Crippen LogP contribution is 2.24. The number of piperazine rings is 1. The maximum atomic E-state index is 12.2. The lowest BCUT2D eigenvalue weighted by molar-refractivity contribution is -0.135. The Hall–Kier alpha value is -1.14. The van der Waals surface area contributed by atoms with Crippen molar-refractivity contribution < 1.29 is 4.79 Å². The van der Waals surface area contributed by atoms with Crippen LogP contribution in [-0.4, -0.2) is 48.0 Å². The highest BCUT2D eigenvalue weighted by atomic mass is 32.1. The fourth-order valence-corrected chi connectivity index (χ4v) is 3.14. The number of anilines is 1. The van der Waals surface area contributed by atoms with E-state index in [9.17, 15) is 4.79 Å². The van der Waals surface area contributed by atoms with E-state index in [2.05, 4.69) is 16.8 Å². The Kier molecular flexibility index (Phi) is 4.99. The van der Waals surface area contributed by atoms with Crippen LogP contribution in [0.15, 0.2) is 6.20 Å². The molecule has 0 radical (unpaired) electrons. The zero-order valence-electron chi connectivity index (χ0n) is 12.5. The summed E-state index contributed by atoms with van der Waals surface area (Å²) in [6.07, 6.45) is 2.98. The third-order valence-electron chi connectivity index (χ3n) is 3.93. The second-order valence-electron chi connectivity index (χ2n) is 5.42. The summed E-state index contributed by atoms with van der Waals surface area (Å²) in [7, 11) is 0. The van der Waals surface area contributed by atoms with E-state index in [0.717, 1.165) is 37.7 Å². The minimum atomic E-state index is -0.104. The zero-order chi connectivity index (χ0) is 14.7. The molecule has 112 valence electrons. The van der Waals surface area contributed by atoms with Crippen LogP contribution in [-0.2, 0) is 11.2 Å². The monoisotopic (exact) mass is 296 g/mol. The molecule has 1 aliphatic heterocycles. The van der Waals surface area contributed by atoms with Gasteiger partial charge >= 0.3 is 0 Å². The maximum Gasteiger partial charge on any atom is 0.227 e. The molecule has 1 aromatic rings. The Labute approximate surface area is 124 Å². The van der Waals surface area contributed by atoms with E-state index in [-0.39, 0.29) is 17.9 Å². The molecular weight excluding hydrogens is 272 g/mol. The van der Waals surface area contributed by atoms with Gasteiger partial charge in [0.1, 0.15) is 0 Å². The average molecular weight is 296 g/mol. The number of carbonyl (C=O) groups is 1. The summed E-state index contributed by atoms with van der Waals surface area (Å²) in [4.78, 5) is 22.2. The first-order valence-electron chi connectivity index (χ1n) is 7.27. The summed E-state index contributed by atoms with van der Waals surface area (Å²) < 4.78 is 0. The van der Waals surface area contributed by atoms with Gasteiger partial charge in [0.25, 0.3) is 0 Å². The van der Waals surface area contributed by atoms with Crippen molar-refractivity contribution in [3.63, 3.8) is 0 Å². The standard InChI is InChI=1S/C14H24N4OS/c1-4-12-9-16-14(20-12)18-7-5-17(6-8-18)13(19)10(2)11(3)15/h9-11H,4-8,15H2,1-3H3. The van der Waals surface area contributed by atoms with Crippen molar-refractivity contribution in [2.24, 2.45) is 11.7 Å². The molecule has 1 fully saturated rings. The third kappa shape index (κ3) is 3.30. The van der Waals surface area contributed by atoms with Crippen LogP contribution in [0.3, 0.4) is 0 Å². The third-order valence-corrected chi connectivity index (χ3v) is 5.13. The molecule has 1 saturated heterocycles. The zero-order valence-corrected chi connectivity index (χ0v) is 13.3. The Bertz CT molecular complexity index is 452. The van der Waals surface area contributed by atoms with E-state index >= 15 is 0 Å². The van der Waals surface area contributed by atoms with E-state index < -0.39 is 0 Å². The fraction of sp³-hybridized carbons (Fsp3) is 0.714. The first-order valence-corrected chi connectivity index (χ1v) is 8.08. The van der Waals surface area contributed by atoms with Crippen molar-refractivity contribution in [1.82, 2.24) is 9.88 Å². The van der Waals surface area contributed by atoms with Crippen LogP contribution < -0.4 is 10.6 Å². The van der Waals surface area contributed by atoms with Gasteiger partial charge in [-0.1, -0.05) is 13.8 Å². The molecule has 2 unspecified atom stereocenters. The Morgan fingerprint density at radius 1 is 1.40 bits per heavy atom. The molecular formula is C14H24N4OS. The predicted octanol–water partition coefficient (Wildman–Crippen LogP) is 1.34. The summed E-state index contributed by atoms with van der Waals surface area (Å²) in [5.41, 5.74) is 5.81. The van der Waals surface area contributed by atoms with E-state index in [4.69, 9.17) is 5.73 Å². The molecule has 2 heterocycles. The molecule has 20 heavy (non-hydrogen) atoms. The molecule has 2 rings (SSSR count). The molecule has 0 saturated carbocycles. The maximum absolute atomic E-state index is 12.2. The number of aryl methyl sites for hydroxylation is 1. The molecule has 1 amide bonds. The Morgan fingerprint density at radius 2 is 2.05 bits per heavy atom. The van der Waals surface area contributed by atoms with Gasteiger partial charge in [0.15, 0.2) is 5.13 Å². The van der Waals surface area contributed by atoms with E-state index in [1.54, 1.807) is 11.3 Å². The van der Waals surface area contributed by atoms with Gasteiger partial charge in [-0.3, -0.25) is 4.79 Å². The van der Waals surface area contributed by atoms with Crippen LogP contribution in [0.25, 0.3) is 0 Å². The number of amides is 1.